The number of rotatable bonds is 0. The lowest BCUT2D eigenvalue weighted by molar-refractivity contribution is 1.04. The van der Waals surface area contributed by atoms with E-state index in [2.05, 4.69) is 25.8 Å². The molecule has 0 aromatic heterocycles. The van der Waals surface area contributed by atoms with Gasteiger partial charge in [0.05, 0.1) is 15.0 Å². The molecule has 0 aliphatic carbocycles. The molecule has 0 radical (unpaired) electrons. The molecule has 0 amide bonds. The predicted octanol–water partition coefficient (Wildman–Crippen LogP) is 2.58. The van der Waals surface area contributed by atoms with E-state index in [0.29, 0.717) is 9.96 Å². The fraction of sp³-hybridized carbons (Fsp3) is 0.833. The number of hydrogen-bond acceptors (Lipinski definition) is 3. The van der Waals surface area contributed by atoms with Crippen molar-refractivity contribution in [2.24, 2.45) is 4.99 Å². The second-order valence-electron chi connectivity index (χ2n) is 2.07. The standard InChI is InChI=1S/C6H11NS2/c1-4-7-5(2)9-6(3)8-4/h4,6H,1-3H3/t4-,6+/m1/s1. The summed E-state index contributed by atoms with van der Waals surface area (Å²) < 4.78 is 0.692. The van der Waals surface area contributed by atoms with Crippen molar-refractivity contribution >= 4 is 28.6 Å². The van der Waals surface area contributed by atoms with Crippen LogP contribution in [-0.2, 0) is 0 Å². The molecule has 52 valence electrons. The summed E-state index contributed by atoms with van der Waals surface area (Å²) in [6.07, 6.45) is 0. The van der Waals surface area contributed by atoms with Crippen LogP contribution in [0.5, 0.6) is 0 Å². The van der Waals surface area contributed by atoms with E-state index >= 15 is 0 Å². The molecule has 9 heavy (non-hydrogen) atoms. The molecular weight excluding hydrogens is 150 g/mol. The molecule has 0 aromatic carbocycles. The van der Waals surface area contributed by atoms with Gasteiger partial charge in [-0.15, -0.1) is 11.8 Å². The van der Waals surface area contributed by atoms with Crippen molar-refractivity contribution < 1.29 is 0 Å². The van der Waals surface area contributed by atoms with E-state index in [-0.39, 0.29) is 0 Å². The number of nitrogens with zero attached hydrogens (tertiary/aromatic N) is 1. The van der Waals surface area contributed by atoms with Gasteiger partial charge in [-0.2, -0.15) is 0 Å². The first kappa shape index (κ1) is 7.48. The minimum Gasteiger partial charge on any atom is -0.269 e. The summed E-state index contributed by atoms with van der Waals surface area (Å²) in [5.74, 6) is 0. The Labute approximate surface area is 64.7 Å². The van der Waals surface area contributed by atoms with Gasteiger partial charge in [0.2, 0.25) is 0 Å². The van der Waals surface area contributed by atoms with Gasteiger partial charge >= 0.3 is 0 Å². The van der Waals surface area contributed by atoms with Crippen LogP contribution in [0.1, 0.15) is 20.8 Å². The monoisotopic (exact) mass is 161 g/mol. The molecule has 0 unspecified atom stereocenters. The van der Waals surface area contributed by atoms with Crippen LogP contribution in [0.4, 0.5) is 0 Å². The molecule has 0 N–H and O–H groups in total. The molecule has 0 aromatic rings. The topological polar surface area (TPSA) is 12.4 Å². The van der Waals surface area contributed by atoms with Gasteiger partial charge in [0.15, 0.2) is 0 Å². The summed E-state index contributed by atoms with van der Waals surface area (Å²) in [6, 6.07) is 0. The zero-order valence-electron chi connectivity index (χ0n) is 5.92. The van der Waals surface area contributed by atoms with Gasteiger partial charge in [0.25, 0.3) is 0 Å². The van der Waals surface area contributed by atoms with Crippen LogP contribution in [0.3, 0.4) is 0 Å². The Bertz CT molecular complexity index is 133. The summed E-state index contributed by atoms with van der Waals surface area (Å²) in [7, 11) is 0. The van der Waals surface area contributed by atoms with Crippen LogP contribution in [0.15, 0.2) is 4.99 Å². The maximum absolute atomic E-state index is 4.38. The molecule has 3 heteroatoms. The average molecular weight is 161 g/mol. The lowest BCUT2D eigenvalue weighted by Crippen LogP contribution is -2.08. The van der Waals surface area contributed by atoms with E-state index in [9.17, 15) is 0 Å². The summed E-state index contributed by atoms with van der Waals surface area (Å²) >= 11 is 3.78. The molecule has 1 aliphatic rings. The highest BCUT2D eigenvalue weighted by atomic mass is 32.2. The van der Waals surface area contributed by atoms with Gasteiger partial charge in [0, 0.05) is 0 Å². The molecule has 0 spiro atoms. The van der Waals surface area contributed by atoms with E-state index in [4.69, 9.17) is 0 Å². The van der Waals surface area contributed by atoms with Gasteiger partial charge in [-0.1, -0.05) is 11.8 Å². The summed E-state index contributed by atoms with van der Waals surface area (Å²) in [4.78, 5) is 4.38. The van der Waals surface area contributed by atoms with Crippen LogP contribution in [0.2, 0.25) is 0 Å². The Morgan fingerprint density at radius 3 is 2.56 bits per heavy atom. The van der Waals surface area contributed by atoms with Crippen molar-refractivity contribution in [3.63, 3.8) is 0 Å². The van der Waals surface area contributed by atoms with E-state index < -0.39 is 0 Å². The molecule has 0 saturated carbocycles. The van der Waals surface area contributed by atoms with Gasteiger partial charge in [0.1, 0.15) is 0 Å². The third-order valence-electron chi connectivity index (χ3n) is 1.09. The Balaban J connectivity index is 2.56. The first-order chi connectivity index (χ1) is 4.18. The highest BCUT2D eigenvalue weighted by Gasteiger charge is 2.14. The summed E-state index contributed by atoms with van der Waals surface area (Å²) in [5, 5.41) is 1.70. The molecule has 1 heterocycles. The Hall–Kier alpha value is 0.370. The van der Waals surface area contributed by atoms with Crippen molar-refractivity contribution in [3.05, 3.63) is 0 Å². The lowest BCUT2D eigenvalue weighted by Gasteiger charge is -2.19. The van der Waals surface area contributed by atoms with Crippen molar-refractivity contribution in [2.45, 2.75) is 30.7 Å². The minimum atomic E-state index is 0.473. The predicted molar refractivity (Wildman–Crippen MR) is 47.2 cm³/mol. The number of thioether (sulfide) groups is 2. The molecular formula is C6H11NS2. The summed E-state index contributed by atoms with van der Waals surface area (Å²) in [5.41, 5.74) is 0. The minimum absolute atomic E-state index is 0.473. The molecule has 1 nitrogen and oxygen atoms in total. The van der Waals surface area contributed by atoms with Crippen molar-refractivity contribution in [3.8, 4) is 0 Å². The zero-order valence-corrected chi connectivity index (χ0v) is 7.55. The van der Waals surface area contributed by atoms with E-state index in [1.54, 1.807) is 0 Å². The highest BCUT2D eigenvalue weighted by molar-refractivity contribution is 8.25. The fourth-order valence-electron chi connectivity index (χ4n) is 0.862. The summed E-state index contributed by atoms with van der Waals surface area (Å²) in [6.45, 7) is 6.45. The molecule has 0 fully saturated rings. The van der Waals surface area contributed by atoms with Gasteiger partial charge in [-0.25, -0.2) is 0 Å². The molecule has 1 rings (SSSR count). The third kappa shape index (κ3) is 2.22. The smallest absolute Gasteiger partial charge is 0.0943 e. The van der Waals surface area contributed by atoms with Crippen molar-refractivity contribution in [1.82, 2.24) is 0 Å². The largest absolute Gasteiger partial charge is 0.269 e. The molecule has 2 atom stereocenters. The van der Waals surface area contributed by atoms with Crippen LogP contribution in [0, 0.1) is 0 Å². The van der Waals surface area contributed by atoms with Gasteiger partial charge in [-0.3, -0.25) is 4.99 Å². The van der Waals surface area contributed by atoms with Crippen LogP contribution in [0.25, 0.3) is 0 Å². The first-order valence-electron chi connectivity index (χ1n) is 3.05. The molecule has 0 bridgehead atoms. The van der Waals surface area contributed by atoms with Crippen molar-refractivity contribution in [1.29, 1.82) is 0 Å². The third-order valence-corrected chi connectivity index (χ3v) is 3.37. The van der Waals surface area contributed by atoms with Crippen LogP contribution < -0.4 is 0 Å². The first-order valence-corrected chi connectivity index (χ1v) is 4.87. The van der Waals surface area contributed by atoms with E-state index in [1.165, 1.54) is 5.04 Å². The highest BCUT2D eigenvalue weighted by Crippen LogP contribution is 2.33. The maximum atomic E-state index is 4.38. The zero-order chi connectivity index (χ0) is 6.85. The molecule has 0 saturated heterocycles. The second kappa shape index (κ2) is 2.97. The van der Waals surface area contributed by atoms with Crippen LogP contribution >= 0.6 is 23.5 Å². The maximum Gasteiger partial charge on any atom is 0.0943 e. The molecule has 1 aliphatic heterocycles. The Kier molecular flexibility index (Phi) is 2.47. The quantitative estimate of drug-likeness (QED) is 0.541. The normalized spacial score (nSPS) is 36.1. The number of aliphatic imine (C=N–C) groups is 1. The van der Waals surface area contributed by atoms with Gasteiger partial charge in [-0.05, 0) is 20.8 Å². The average Bonchev–Trinajstić information content (AvgIpc) is 1.59. The second-order valence-corrected chi connectivity index (χ2v) is 5.56. The number of hydrogen-bond donors (Lipinski definition) is 0. The Morgan fingerprint density at radius 2 is 2.11 bits per heavy atom. The van der Waals surface area contributed by atoms with E-state index in [1.807, 2.05) is 23.5 Å². The fourth-order valence-corrected chi connectivity index (χ4v) is 3.52. The van der Waals surface area contributed by atoms with Gasteiger partial charge < -0.3 is 0 Å². The Morgan fingerprint density at radius 1 is 1.44 bits per heavy atom. The van der Waals surface area contributed by atoms with E-state index in [0.717, 1.165) is 0 Å². The van der Waals surface area contributed by atoms with Crippen molar-refractivity contribution in [2.75, 3.05) is 0 Å². The SMILES string of the molecule is CC1=N[C@@H](C)S[C@H](C)S1. The lowest BCUT2D eigenvalue weighted by atomic mass is 10.7. The van der Waals surface area contributed by atoms with Crippen LogP contribution in [-0.4, -0.2) is 15.0 Å².